The molecule has 1 N–H and O–H groups in total. The van der Waals surface area contributed by atoms with Crippen molar-refractivity contribution in [2.75, 3.05) is 6.61 Å². The summed E-state index contributed by atoms with van der Waals surface area (Å²) < 4.78 is 5.36. The molecule has 0 saturated carbocycles. The Labute approximate surface area is 95.8 Å². The zero-order chi connectivity index (χ0) is 12.0. The number of hydrogen-bond donors (Lipinski definition) is 1. The Bertz CT molecular complexity index is 407. The monoisotopic (exact) mass is 217 g/mol. The highest BCUT2D eigenvalue weighted by Gasteiger charge is 2.12. The standard InChI is InChI=1S/C13H15NO2/c1-4-10(3)14-13(15)11-8-6-7-9-12(11)16-5-2/h1,6-10H,5H2,2-3H3,(H,14,15). The van der Waals surface area contributed by atoms with Crippen LogP contribution >= 0.6 is 0 Å². The minimum absolute atomic E-state index is 0.213. The molecule has 1 aromatic rings. The summed E-state index contributed by atoms with van der Waals surface area (Å²) in [5, 5.41) is 2.69. The van der Waals surface area contributed by atoms with Gasteiger partial charge in [-0.25, -0.2) is 0 Å². The first kappa shape index (κ1) is 12.1. The molecule has 0 fully saturated rings. The summed E-state index contributed by atoms with van der Waals surface area (Å²) in [6.45, 7) is 4.15. The van der Waals surface area contributed by atoms with Gasteiger partial charge >= 0.3 is 0 Å². The van der Waals surface area contributed by atoms with E-state index in [-0.39, 0.29) is 11.9 Å². The smallest absolute Gasteiger partial charge is 0.256 e. The summed E-state index contributed by atoms with van der Waals surface area (Å²) in [5.41, 5.74) is 0.506. The topological polar surface area (TPSA) is 38.3 Å². The highest BCUT2D eigenvalue weighted by atomic mass is 16.5. The van der Waals surface area contributed by atoms with Gasteiger partial charge in [0.05, 0.1) is 18.2 Å². The van der Waals surface area contributed by atoms with E-state index in [2.05, 4.69) is 11.2 Å². The van der Waals surface area contributed by atoms with Crippen LogP contribution < -0.4 is 10.1 Å². The third kappa shape index (κ3) is 3.03. The lowest BCUT2D eigenvalue weighted by Crippen LogP contribution is -2.31. The van der Waals surface area contributed by atoms with E-state index in [1.165, 1.54) is 0 Å². The zero-order valence-electron chi connectivity index (χ0n) is 9.49. The SMILES string of the molecule is C#CC(C)NC(=O)c1ccccc1OCC. The molecular weight excluding hydrogens is 202 g/mol. The second-order valence-electron chi connectivity index (χ2n) is 3.29. The van der Waals surface area contributed by atoms with Gasteiger partial charge in [0.25, 0.3) is 5.91 Å². The molecule has 3 heteroatoms. The average Bonchev–Trinajstić information content (AvgIpc) is 2.30. The van der Waals surface area contributed by atoms with Crippen LogP contribution in [0.5, 0.6) is 5.75 Å². The molecule has 0 spiro atoms. The molecule has 0 radical (unpaired) electrons. The Morgan fingerprint density at radius 1 is 1.56 bits per heavy atom. The minimum Gasteiger partial charge on any atom is -0.493 e. The quantitative estimate of drug-likeness (QED) is 0.781. The number of nitrogens with one attached hydrogen (secondary N) is 1. The number of para-hydroxylation sites is 1. The van der Waals surface area contributed by atoms with E-state index in [0.717, 1.165) is 0 Å². The molecule has 3 nitrogen and oxygen atoms in total. The van der Waals surface area contributed by atoms with Gasteiger partial charge in [0.2, 0.25) is 0 Å². The summed E-state index contributed by atoms with van der Waals surface area (Å²) >= 11 is 0. The van der Waals surface area contributed by atoms with Gasteiger partial charge in [-0.2, -0.15) is 0 Å². The van der Waals surface area contributed by atoms with Crippen molar-refractivity contribution in [3.63, 3.8) is 0 Å². The number of ether oxygens (including phenoxy) is 1. The van der Waals surface area contributed by atoms with Gasteiger partial charge in [-0.3, -0.25) is 4.79 Å². The molecule has 1 amide bonds. The van der Waals surface area contributed by atoms with Crippen LogP contribution in [0.1, 0.15) is 24.2 Å². The Balaban J connectivity index is 2.86. The fraction of sp³-hybridized carbons (Fsp3) is 0.308. The predicted molar refractivity (Wildman–Crippen MR) is 63.4 cm³/mol. The maximum atomic E-state index is 11.8. The number of amides is 1. The molecule has 0 bridgehead atoms. The fourth-order valence-corrected chi connectivity index (χ4v) is 1.25. The van der Waals surface area contributed by atoms with Gasteiger partial charge < -0.3 is 10.1 Å². The number of carbonyl (C=O) groups is 1. The molecular formula is C13H15NO2. The number of carbonyl (C=O) groups excluding carboxylic acids is 1. The van der Waals surface area contributed by atoms with Crippen molar-refractivity contribution < 1.29 is 9.53 Å². The van der Waals surface area contributed by atoms with Crippen LogP contribution in [0, 0.1) is 12.3 Å². The lowest BCUT2D eigenvalue weighted by Gasteiger charge is -2.11. The van der Waals surface area contributed by atoms with E-state index in [1.807, 2.05) is 13.0 Å². The molecule has 1 atom stereocenters. The minimum atomic E-state index is -0.290. The predicted octanol–water partition coefficient (Wildman–Crippen LogP) is 1.84. The molecule has 16 heavy (non-hydrogen) atoms. The van der Waals surface area contributed by atoms with Crippen LogP contribution in [0.2, 0.25) is 0 Å². The van der Waals surface area contributed by atoms with Crippen molar-refractivity contribution in [1.82, 2.24) is 5.32 Å². The molecule has 84 valence electrons. The lowest BCUT2D eigenvalue weighted by molar-refractivity contribution is 0.0944. The summed E-state index contributed by atoms with van der Waals surface area (Å²) in [4.78, 5) is 11.8. The fourth-order valence-electron chi connectivity index (χ4n) is 1.25. The maximum absolute atomic E-state index is 11.8. The summed E-state index contributed by atoms with van der Waals surface area (Å²) in [5.74, 6) is 2.81. The average molecular weight is 217 g/mol. The van der Waals surface area contributed by atoms with Crippen molar-refractivity contribution in [3.8, 4) is 18.1 Å². The van der Waals surface area contributed by atoms with Crippen molar-refractivity contribution in [2.45, 2.75) is 19.9 Å². The summed E-state index contributed by atoms with van der Waals surface area (Å²) in [7, 11) is 0. The van der Waals surface area contributed by atoms with Crippen LogP contribution in [-0.2, 0) is 0 Å². The Kier molecular flexibility index (Phi) is 4.41. The van der Waals surface area contributed by atoms with Crippen molar-refractivity contribution in [2.24, 2.45) is 0 Å². The number of terminal acetylenes is 1. The molecule has 0 heterocycles. The molecule has 1 rings (SSSR count). The molecule has 0 saturated heterocycles. The van der Waals surface area contributed by atoms with E-state index in [9.17, 15) is 4.79 Å². The molecule has 0 aromatic heterocycles. The van der Waals surface area contributed by atoms with Gasteiger partial charge in [0, 0.05) is 0 Å². The molecule has 0 aliphatic heterocycles. The lowest BCUT2D eigenvalue weighted by atomic mass is 10.2. The Morgan fingerprint density at radius 3 is 2.88 bits per heavy atom. The van der Waals surface area contributed by atoms with Gasteiger partial charge in [-0.1, -0.05) is 18.1 Å². The van der Waals surface area contributed by atoms with Crippen LogP contribution in [0.25, 0.3) is 0 Å². The summed E-state index contributed by atoms with van der Waals surface area (Å²) in [6, 6.07) is 6.80. The van der Waals surface area contributed by atoms with Crippen molar-refractivity contribution in [1.29, 1.82) is 0 Å². The van der Waals surface area contributed by atoms with Crippen molar-refractivity contribution >= 4 is 5.91 Å². The van der Waals surface area contributed by atoms with E-state index in [0.29, 0.717) is 17.9 Å². The first-order valence-electron chi connectivity index (χ1n) is 5.17. The van der Waals surface area contributed by atoms with Crippen molar-refractivity contribution in [3.05, 3.63) is 29.8 Å². The third-order valence-corrected chi connectivity index (χ3v) is 2.03. The van der Waals surface area contributed by atoms with E-state index >= 15 is 0 Å². The van der Waals surface area contributed by atoms with Gasteiger partial charge in [-0.15, -0.1) is 6.42 Å². The van der Waals surface area contributed by atoms with Crippen LogP contribution in [0.15, 0.2) is 24.3 Å². The second-order valence-corrected chi connectivity index (χ2v) is 3.29. The van der Waals surface area contributed by atoms with Gasteiger partial charge in [0.15, 0.2) is 0 Å². The van der Waals surface area contributed by atoms with E-state index in [1.54, 1.807) is 25.1 Å². The van der Waals surface area contributed by atoms with Crippen LogP contribution in [0.3, 0.4) is 0 Å². The van der Waals surface area contributed by atoms with Crippen LogP contribution in [-0.4, -0.2) is 18.6 Å². The first-order chi connectivity index (χ1) is 7.69. The highest BCUT2D eigenvalue weighted by Crippen LogP contribution is 2.17. The molecule has 0 aliphatic carbocycles. The largest absolute Gasteiger partial charge is 0.493 e. The number of benzene rings is 1. The highest BCUT2D eigenvalue weighted by molar-refractivity contribution is 5.97. The maximum Gasteiger partial charge on any atom is 0.256 e. The van der Waals surface area contributed by atoms with Gasteiger partial charge in [-0.05, 0) is 26.0 Å². The normalized spacial score (nSPS) is 11.3. The number of rotatable bonds is 4. The number of hydrogen-bond acceptors (Lipinski definition) is 2. The summed E-state index contributed by atoms with van der Waals surface area (Å²) in [6.07, 6.45) is 5.20. The first-order valence-corrected chi connectivity index (χ1v) is 5.17. The Hall–Kier alpha value is -1.95. The second kappa shape index (κ2) is 5.82. The van der Waals surface area contributed by atoms with E-state index in [4.69, 9.17) is 11.2 Å². The van der Waals surface area contributed by atoms with Crippen LogP contribution in [0.4, 0.5) is 0 Å². The molecule has 0 aliphatic rings. The van der Waals surface area contributed by atoms with E-state index < -0.39 is 0 Å². The zero-order valence-corrected chi connectivity index (χ0v) is 9.49. The Morgan fingerprint density at radius 2 is 2.25 bits per heavy atom. The molecule has 1 aromatic carbocycles. The third-order valence-electron chi connectivity index (χ3n) is 2.03. The molecule has 1 unspecified atom stereocenters. The van der Waals surface area contributed by atoms with Gasteiger partial charge in [0.1, 0.15) is 5.75 Å².